The van der Waals surface area contributed by atoms with Crippen LogP contribution in [0.2, 0.25) is 0 Å². The number of hydrogen-bond donors (Lipinski definition) is 1. The largest absolute Gasteiger partial charge is 0.514 e. The zero-order valence-corrected chi connectivity index (χ0v) is 19.4. The third-order valence-electron chi connectivity index (χ3n) is 5.37. The highest BCUT2D eigenvalue weighted by molar-refractivity contribution is 6.00. The van der Waals surface area contributed by atoms with E-state index in [0.29, 0.717) is 17.0 Å². The van der Waals surface area contributed by atoms with Crippen LogP contribution in [-0.4, -0.2) is 51.7 Å². The van der Waals surface area contributed by atoms with E-state index in [4.69, 9.17) is 18.9 Å². The number of carbonyl (C=O) groups excluding carboxylic acids is 2. The summed E-state index contributed by atoms with van der Waals surface area (Å²) in [6, 6.07) is 8.51. The third-order valence-corrected chi connectivity index (χ3v) is 5.37. The summed E-state index contributed by atoms with van der Waals surface area (Å²) in [5.41, 5.74) is 4.88. The quantitative estimate of drug-likeness (QED) is 0.212. The Balaban J connectivity index is 1.41. The van der Waals surface area contributed by atoms with Gasteiger partial charge in [-0.05, 0) is 36.8 Å². The van der Waals surface area contributed by atoms with Gasteiger partial charge in [0.05, 0.1) is 35.1 Å². The van der Waals surface area contributed by atoms with E-state index in [1.54, 1.807) is 25.3 Å². The molecule has 0 spiro atoms. The molecule has 1 fully saturated rings. The molecule has 1 aliphatic rings. The van der Waals surface area contributed by atoms with Gasteiger partial charge in [-0.25, -0.2) is 10.2 Å². The maximum absolute atomic E-state index is 12.8. The molecule has 2 unspecified atom stereocenters. The van der Waals surface area contributed by atoms with Gasteiger partial charge in [0.1, 0.15) is 18.0 Å². The second-order valence-electron chi connectivity index (χ2n) is 7.94. The summed E-state index contributed by atoms with van der Waals surface area (Å²) in [5, 5.41) is 15.1. The molecule has 0 radical (unpaired) electrons. The van der Waals surface area contributed by atoms with Gasteiger partial charge in [-0.2, -0.15) is 9.89 Å². The van der Waals surface area contributed by atoms with Crippen molar-refractivity contribution in [1.29, 1.82) is 0 Å². The number of rotatable bonds is 8. The third kappa shape index (κ3) is 5.82. The lowest BCUT2D eigenvalue weighted by molar-refractivity contribution is -0.384. The van der Waals surface area contributed by atoms with Crippen LogP contribution in [-0.2, 0) is 20.8 Å². The number of ether oxygens (including phenoxy) is 4. The smallest absolute Gasteiger partial charge is 0.428 e. The van der Waals surface area contributed by atoms with Gasteiger partial charge in [0.15, 0.2) is 0 Å². The summed E-state index contributed by atoms with van der Waals surface area (Å²) in [6.45, 7) is 2.12. The molecule has 13 heteroatoms. The summed E-state index contributed by atoms with van der Waals surface area (Å²) in [5.74, 6) is -0.289. The topological polar surface area (TPSA) is 157 Å². The maximum atomic E-state index is 12.8. The average molecular weight is 497 g/mol. The molecule has 2 atom stereocenters. The summed E-state index contributed by atoms with van der Waals surface area (Å²) < 4.78 is 21.4. The first-order valence-corrected chi connectivity index (χ1v) is 10.9. The lowest BCUT2D eigenvalue weighted by Gasteiger charge is -2.14. The van der Waals surface area contributed by atoms with Crippen molar-refractivity contribution in [1.82, 2.24) is 14.9 Å². The number of amides is 1. The number of pyridine rings is 1. The monoisotopic (exact) mass is 497 g/mol. The van der Waals surface area contributed by atoms with Crippen LogP contribution in [0.25, 0.3) is 0 Å². The summed E-state index contributed by atoms with van der Waals surface area (Å²) >= 11 is 0. The molecule has 1 saturated heterocycles. The van der Waals surface area contributed by atoms with Gasteiger partial charge < -0.3 is 18.9 Å². The molecular weight excluding hydrogens is 474 g/mol. The fourth-order valence-corrected chi connectivity index (χ4v) is 3.62. The second-order valence-corrected chi connectivity index (χ2v) is 7.94. The first-order chi connectivity index (χ1) is 17.3. The lowest BCUT2D eigenvalue weighted by Crippen LogP contribution is -2.27. The fraction of sp³-hybridized carbons (Fsp3) is 0.304. The Morgan fingerprint density at radius 2 is 2.06 bits per heavy atom. The van der Waals surface area contributed by atoms with Crippen molar-refractivity contribution >= 4 is 17.7 Å². The van der Waals surface area contributed by atoms with Crippen LogP contribution in [0, 0.1) is 17.0 Å². The Hall–Kier alpha value is -4.36. The highest BCUT2D eigenvalue weighted by atomic mass is 16.7. The Morgan fingerprint density at radius 3 is 2.75 bits per heavy atom. The number of aryl methyl sites for hydroxylation is 1. The zero-order chi connectivity index (χ0) is 25.7. The highest BCUT2D eigenvalue weighted by Crippen LogP contribution is 2.31. The first kappa shape index (κ1) is 24.8. The number of hydrogen-bond acceptors (Lipinski definition) is 10. The van der Waals surface area contributed by atoms with Crippen LogP contribution in [0.3, 0.4) is 0 Å². The number of carbonyl (C=O) groups is 2. The molecule has 3 aromatic rings. The SMILES string of the molecule is COCc1cc(C2CC(OC(=O)Oc3ccc([N+](=O)[O-])cc3)CO2)n(NC(=O)c2cnccc2C)n1. The summed E-state index contributed by atoms with van der Waals surface area (Å²) in [4.78, 5) is 40.5. The van der Waals surface area contributed by atoms with Crippen LogP contribution >= 0.6 is 0 Å². The second kappa shape index (κ2) is 10.9. The van der Waals surface area contributed by atoms with Gasteiger partial charge in [0, 0.05) is 38.1 Å². The number of non-ortho nitro benzene ring substituents is 1. The number of methoxy groups -OCH3 is 1. The predicted molar refractivity (Wildman–Crippen MR) is 123 cm³/mol. The minimum Gasteiger partial charge on any atom is -0.428 e. The number of benzene rings is 1. The van der Waals surface area contributed by atoms with Gasteiger partial charge in [-0.15, -0.1) is 0 Å². The molecule has 2 aromatic heterocycles. The number of nitro benzene ring substituents is 1. The van der Waals surface area contributed by atoms with E-state index in [-0.39, 0.29) is 31.1 Å². The Labute approximate surface area is 205 Å². The van der Waals surface area contributed by atoms with Gasteiger partial charge in [-0.1, -0.05) is 0 Å². The van der Waals surface area contributed by atoms with Crippen molar-refractivity contribution in [3.05, 3.63) is 81.4 Å². The number of nitro groups is 1. The van der Waals surface area contributed by atoms with Crippen LogP contribution in [0.5, 0.6) is 5.75 Å². The van der Waals surface area contributed by atoms with Crippen molar-refractivity contribution in [3.63, 3.8) is 0 Å². The molecule has 3 heterocycles. The average Bonchev–Trinajstić information content (AvgIpc) is 3.46. The van der Waals surface area contributed by atoms with Crippen molar-refractivity contribution in [3.8, 4) is 5.75 Å². The van der Waals surface area contributed by atoms with E-state index >= 15 is 0 Å². The molecule has 1 amide bonds. The zero-order valence-electron chi connectivity index (χ0n) is 19.4. The van der Waals surface area contributed by atoms with Crippen molar-refractivity contribution in [2.24, 2.45) is 0 Å². The molecule has 36 heavy (non-hydrogen) atoms. The molecule has 1 N–H and O–H groups in total. The molecule has 0 bridgehead atoms. The van der Waals surface area contributed by atoms with E-state index in [1.165, 1.54) is 42.4 Å². The van der Waals surface area contributed by atoms with Gasteiger partial charge >= 0.3 is 6.16 Å². The van der Waals surface area contributed by atoms with E-state index < -0.39 is 29.2 Å². The standard InChI is InChI=1S/C23H23N5O8/c1-14-7-8-24-11-19(14)22(29)26-27-20(9-15(25-27)12-33-2)21-10-18(13-34-21)36-23(30)35-17-5-3-16(4-6-17)28(31)32/h3-9,11,18,21H,10,12-13H2,1-2H3,(H,26,29). The molecule has 1 aromatic carbocycles. The predicted octanol–water partition coefficient (Wildman–Crippen LogP) is 3.07. The highest BCUT2D eigenvalue weighted by Gasteiger charge is 2.33. The van der Waals surface area contributed by atoms with Crippen molar-refractivity contribution < 1.29 is 33.5 Å². The molecule has 1 aliphatic heterocycles. The van der Waals surface area contributed by atoms with Gasteiger partial charge in [0.2, 0.25) is 0 Å². The minimum absolute atomic E-state index is 0.0977. The molecule has 4 rings (SSSR count). The Morgan fingerprint density at radius 1 is 1.28 bits per heavy atom. The Bertz CT molecular complexity index is 1260. The van der Waals surface area contributed by atoms with Gasteiger partial charge in [-0.3, -0.25) is 19.9 Å². The summed E-state index contributed by atoms with van der Waals surface area (Å²) in [6.07, 6.45) is 1.24. The summed E-state index contributed by atoms with van der Waals surface area (Å²) in [7, 11) is 1.53. The number of nitrogens with zero attached hydrogens (tertiary/aromatic N) is 4. The number of aromatic nitrogens is 3. The molecule has 188 valence electrons. The van der Waals surface area contributed by atoms with Crippen LogP contribution in [0.15, 0.2) is 48.8 Å². The molecule has 0 aliphatic carbocycles. The van der Waals surface area contributed by atoms with Crippen molar-refractivity contribution in [2.75, 3.05) is 19.1 Å². The van der Waals surface area contributed by atoms with Crippen LogP contribution in [0.1, 0.15) is 39.8 Å². The number of nitrogens with one attached hydrogen (secondary N) is 1. The molecule has 13 nitrogen and oxygen atoms in total. The van der Waals surface area contributed by atoms with Gasteiger partial charge in [0.25, 0.3) is 11.6 Å². The van der Waals surface area contributed by atoms with Crippen molar-refractivity contribution in [2.45, 2.75) is 32.2 Å². The van der Waals surface area contributed by atoms with Crippen LogP contribution < -0.4 is 10.2 Å². The molecular formula is C23H23N5O8. The van der Waals surface area contributed by atoms with E-state index in [9.17, 15) is 19.7 Å². The lowest BCUT2D eigenvalue weighted by atomic mass is 10.1. The molecule has 0 saturated carbocycles. The normalized spacial score (nSPS) is 16.9. The first-order valence-electron chi connectivity index (χ1n) is 10.9. The van der Waals surface area contributed by atoms with Crippen LogP contribution in [0.4, 0.5) is 10.5 Å². The van der Waals surface area contributed by atoms with E-state index in [1.807, 2.05) is 0 Å². The Kier molecular flexibility index (Phi) is 7.51. The fourth-order valence-electron chi connectivity index (χ4n) is 3.62. The van der Waals surface area contributed by atoms with E-state index in [2.05, 4.69) is 15.5 Å². The maximum Gasteiger partial charge on any atom is 0.514 e. The van der Waals surface area contributed by atoms with E-state index in [0.717, 1.165) is 5.56 Å². The minimum atomic E-state index is -0.966.